The van der Waals surface area contributed by atoms with Crippen molar-refractivity contribution in [2.24, 2.45) is 0 Å². The Morgan fingerprint density at radius 2 is 1.59 bits per heavy atom. The molecule has 1 fully saturated rings. The highest BCUT2D eigenvalue weighted by Gasteiger charge is 2.26. The summed E-state index contributed by atoms with van der Waals surface area (Å²) < 4.78 is 42.8. The number of sulfonamides is 1. The maximum Gasteiger partial charge on any atom is 0.263 e. The summed E-state index contributed by atoms with van der Waals surface area (Å²) in [5, 5.41) is 0.0257. The molecule has 178 valence electrons. The molecule has 3 aromatic carbocycles. The summed E-state index contributed by atoms with van der Waals surface area (Å²) in [7, 11) is -4.02. The van der Waals surface area contributed by atoms with Crippen LogP contribution < -0.4 is 9.62 Å². The maximum absolute atomic E-state index is 14.1. The lowest BCUT2D eigenvalue weighted by atomic mass is 10.1. The van der Waals surface area contributed by atoms with Gasteiger partial charge in [-0.2, -0.15) is 0 Å². The van der Waals surface area contributed by atoms with Crippen LogP contribution in [0, 0.1) is 19.7 Å². The lowest BCUT2D eigenvalue weighted by Crippen LogP contribution is -2.49. The van der Waals surface area contributed by atoms with E-state index in [0.717, 1.165) is 11.1 Å². The van der Waals surface area contributed by atoms with Crippen molar-refractivity contribution in [2.45, 2.75) is 18.7 Å². The molecular weight excluding hydrogens is 477 g/mol. The van der Waals surface area contributed by atoms with Gasteiger partial charge in [-0.05, 0) is 67.4 Å². The number of nitrogens with zero attached hydrogens (tertiary/aromatic N) is 2. The molecule has 0 spiro atoms. The van der Waals surface area contributed by atoms with Gasteiger partial charge in [0.1, 0.15) is 10.7 Å². The largest absolute Gasteiger partial charge is 0.366 e. The Bertz CT molecular complexity index is 1320. The number of aryl methyl sites for hydroxylation is 2. The summed E-state index contributed by atoms with van der Waals surface area (Å²) in [5.41, 5.74) is 3.00. The predicted octanol–water partition coefficient (Wildman–Crippen LogP) is 4.86. The fraction of sp³-hybridized carbons (Fsp3) is 0.240. The van der Waals surface area contributed by atoms with Crippen molar-refractivity contribution >= 4 is 38.9 Å². The van der Waals surface area contributed by atoms with Crippen molar-refractivity contribution in [3.8, 4) is 0 Å². The molecule has 0 radical (unpaired) electrons. The van der Waals surface area contributed by atoms with E-state index in [1.807, 2.05) is 24.8 Å². The van der Waals surface area contributed by atoms with E-state index in [1.54, 1.807) is 35.2 Å². The van der Waals surface area contributed by atoms with E-state index < -0.39 is 10.0 Å². The number of rotatable bonds is 5. The summed E-state index contributed by atoms with van der Waals surface area (Å²) in [5.74, 6) is -0.598. The summed E-state index contributed by atoms with van der Waals surface area (Å²) >= 11 is 6.22. The van der Waals surface area contributed by atoms with Gasteiger partial charge in [0.25, 0.3) is 15.9 Å². The Kier molecular flexibility index (Phi) is 6.81. The van der Waals surface area contributed by atoms with Gasteiger partial charge >= 0.3 is 0 Å². The van der Waals surface area contributed by atoms with Gasteiger partial charge in [-0.15, -0.1) is 0 Å². The van der Waals surface area contributed by atoms with E-state index in [2.05, 4.69) is 4.72 Å². The van der Waals surface area contributed by atoms with Crippen LogP contribution in [-0.4, -0.2) is 45.4 Å². The highest BCUT2D eigenvalue weighted by Crippen LogP contribution is 2.27. The standard InChI is InChI=1S/C25H25ClFN3O3S/c1-17-13-18(2)15-20(14-17)28-34(32,33)24-16-19(7-8-21(24)26)25(31)30-11-9-29(10-12-30)23-6-4-3-5-22(23)27/h3-8,13-16,28H,9-12H2,1-2H3. The van der Waals surface area contributed by atoms with Crippen LogP contribution in [0.5, 0.6) is 0 Å². The van der Waals surface area contributed by atoms with E-state index in [1.165, 1.54) is 24.3 Å². The van der Waals surface area contributed by atoms with E-state index in [4.69, 9.17) is 11.6 Å². The van der Waals surface area contributed by atoms with Gasteiger partial charge < -0.3 is 9.80 Å². The summed E-state index contributed by atoms with van der Waals surface area (Å²) in [4.78, 5) is 16.5. The molecular formula is C25H25ClFN3O3S. The Balaban J connectivity index is 1.51. The molecule has 1 aliphatic heterocycles. The van der Waals surface area contributed by atoms with Crippen LogP contribution in [0.25, 0.3) is 0 Å². The number of nitrogens with one attached hydrogen (secondary N) is 1. The second-order valence-electron chi connectivity index (χ2n) is 8.36. The molecule has 1 N–H and O–H groups in total. The van der Waals surface area contributed by atoms with Gasteiger partial charge in [-0.3, -0.25) is 9.52 Å². The smallest absolute Gasteiger partial charge is 0.263 e. The van der Waals surface area contributed by atoms with Crippen LogP contribution in [0.3, 0.4) is 0 Å². The number of piperazine rings is 1. The number of para-hydroxylation sites is 1. The lowest BCUT2D eigenvalue weighted by Gasteiger charge is -2.36. The first kappa shape index (κ1) is 24.0. The van der Waals surface area contributed by atoms with Gasteiger partial charge in [-0.1, -0.05) is 29.8 Å². The number of anilines is 2. The highest BCUT2D eigenvalue weighted by atomic mass is 35.5. The first-order valence-corrected chi connectivity index (χ1v) is 12.7. The first-order valence-electron chi connectivity index (χ1n) is 10.8. The number of hydrogen-bond acceptors (Lipinski definition) is 4. The SMILES string of the molecule is Cc1cc(C)cc(NS(=O)(=O)c2cc(C(=O)N3CCN(c4ccccc4F)CC3)ccc2Cl)c1. The van der Waals surface area contributed by atoms with E-state index >= 15 is 0 Å². The summed E-state index contributed by atoms with van der Waals surface area (Å²) in [6, 6.07) is 16.2. The van der Waals surface area contributed by atoms with Crippen LogP contribution >= 0.6 is 11.6 Å². The second kappa shape index (κ2) is 9.64. The van der Waals surface area contributed by atoms with Crippen LogP contribution in [0.4, 0.5) is 15.8 Å². The Labute approximate surface area is 204 Å². The second-order valence-corrected chi connectivity index (χ2v) is 10.4. The Morgan fingerprint density at radius 3 is 2.24 bits per heavy atom. The Morgan fingerprint density at radius 1 is 0.941 bits per heavy atom. The molecule has 6 nitrogen and oxygen atoms in total. The maximum atomic E-state index is 14.1. The fourth-order valence-electron chi connectivity index (χ4n) is 4.13. The van der Waals surface area contributed by atoms with E-state index in [9.17, 15) is 17.6 Å². The molecule has 3 aromatic rings. The lowest BCUT2D eigenvalue weighted by molar-refractivity contribution is 0.0746. The topological polar surface area (TPSA) is 69.7 Å². The molecule has 0 aromatic heterocycles. The normalized spacial score (nSPS) is 14.2. The molecule has 1 aliphatic rings. The molecule has 0 saturated carbocycles. The zero-order valence-electron chi connectivity index (χ0n) is 18.9. The average Bonchev–Trinajstić information content (AvgIpc) is 2.78. The van der Waals surface area contributed by atoms with Crippen LogP contribution in [0.15, 0.2) is 65.6 Å². The number of carbonyl (C=O) groups is 1. The van der Waals surface area contributed by atoms with Gasteiger partial charge in [-0.25, -0.2) is 12.8 Å². The van der Waals surface area contributed by atoms with E-state index in [0.29, 0.717) is 37.6 Å². The quantitative estimate of drug-likeness (QED) is 0.542. The highest BCUT2D eigenvalue weighted by molar-refractivity contribution is 7.92. The monoisotopic (exact) mass is 501 g/mol. The van der Waals surface area contributed by atoms with Crippen molar-refractivity contribution in [1.29, 1.82) is 0 Å². The summed E-state index contributed by atoms with van der Waals surface area (Å²) in [6.07, 6.45) is 0. The predicted molar refractivity (Wildman–Crippen MR) is 133 cm³/mol. The van der Waals surface area contributed by atoms with Crippen LogP contribution in [0.2, 0.25) is 5.02 Å². The molecule has 1 saturated heterocycles. The third-order valence-corrected chi connectivity index (χ3v) is 7.56. The molecule has 0 atom stereocenters. The zero-order chi connectivity index (χ0) is 24.5. The number of benzene rings is 3. The fourth-order valence-corrected chi connectivity index (χ4v) is 5.69. The summed E-state index contributed by atoms with van der Waals surface area (Å²) in [6.45, 7) is 5.47. The molecule has 34 heavy (non-hydrogen) atoms. The Hall–Kier alpha value is -3.10. The molecule has 0 bridgehead atoms. The molecule has 9 heteroatoms. The number of carbonyl (C=O) groups excluding carboxylic acids is 1. The molecule has 4 rings (SSSR count). The number of hydrogen-bond donors (Lipinski definition) is 1. The molecule has 1 heterocycles. The van der Waals surface area contributed by atoms with Crippen LogP contribution in [-0.2, 0) is 10.0 Å². The van der Waals surface area contributed by atoms with Crippen molar-refractivity contribution < 1.29 is 17.6 Å². The minimum Gasteiger partial charge on any atom is -0.366 e. The van der Waals surface area contributed by atoms with Crippen LogP contribution in [0.1, 0.15) is 21.5 Å². The van der Waals surface area contributed by atoms with Crippen molar-refractivity contribution in [1.82, 2.24) is 4.90 Å². The first-order chi connectivity index (χ1) is 16.1. The minimum atomic E-state index is -4.02. The molecule has 0 aliphatic carbocycles. The average molecular weight is 502 g/mol. The van der Waals surface area contributed by atoms with Gasteiger partial charge in [0, 0.05) is 37.4 Å². The number of halogens is 2. The zero-order valence-corrected chi connectivity index (χ0v) is 20.5. The molecule has 1 amide bonds. The molecule has 0 unspecified atom stereocenters. The third-order valence-electron chi connectivity index (χ3n) is 5.70. The van der Waals surface area contributed by atoms with Gasteiger partial charge in [0.2, 0.25) is 0 Å². The van der Waals surface area contributed by atoms with Gasteiger partial charge in [0.05, 0.1) is 10.7 Å². The number of amides is 1. The van der Waals surface area contributed by atoms with Crippen molar-refractivity contribution in [3.63, 3.8) is 0 Å². The van der Waals surface area contributed by atoms with Crippen molar-refractivity contribution in [2.75, 3.05) is 35.8 Å². The van der Waals surface area contributed by atoms with Crippen molar-refractivity contribution in [3.05, 3.63) is 88.2 Å². The van der Waals surface area contributed by atoms with E-state index in [-0.39, 0.29) is 27.2 Å². The van der Waals surface area contributed by atoms with Gasteiger partial charge in [0.15, 0.2) is 0 Å². The third kappa shape index (κ3) is 5.18. The minimum absolute atomic E-state index is 0.0257.